The fraction of sp³-hybridized carbons (Fsp3) is 0.211. The number of Topliss-reactive ketones (excluding diaryl/α,β-unsaturated/α-hetero) is 1. The summed E-state index contributed by atoms with van der Waals surface area (Å²) in [4.78, 5) is 12.3. The smallest absolute Gasteiger partial charge is 0.277 e. The summed E-state index contributed by atoms with van der Waals surface area (Å²) in [7, 11) is 1.56. The Morgan fingerprint density at radius 2 is 2.04 bits per heavy atom. The van der Waals surface area contributed by atoms with Gasteiger partial charge in [0.15, 0.2) is 17.3 Å². The molecule has 0 saturated carbocycles. The third-order valence-corrected chi connectivity index (χ3v) is 4.74. The van der Waals surface area contributed by atoms with E-state index < -0.39 is 6.10 Å². The summed E-state index contributed by atoms with van der Waals surface area (Å²) < 4.78 is 22.3. The van der Waals surface area contributed by atoms with Gasteiger partial charge in [0.05, 0.1) is 12.9 Å². The number of hydrogen-bond donors (Lipinski definition) is 0. The fourth-order valence-electron chi connectivity index (χ4n) is 2.56. The molecular formula is C19H16N2O5S. The minimum Gasteiger partial charge on any atom is -0.497 e. The predicted octanol–water partition coefficient (Wildman–Crippen LogP) is 3.57. The van der Waals surface area contributed by atoms with E-state index in [4.69, 9.17) is 18.6 Å². The van der Waals surface area contributed by atoms with Gasteiger partial charge in [-0.25, -0.2) is 0 Å². The van der Waals surface area contributed by atoms with Crippen molar-refractivity contribution in [1.29, 1.82) is 0 Å². The zero-order valence-corrected chi connectivity index (χ0v) is 15.3. The molecule has 27 heavy (non-hydrogen) atoms. The maximum atomic E-state index is 12.3. The molecule has 1 aromatic heterocycles. The molecule has 0 N–H and O–H groups in total. The molecule has 1 atom stereocenters. The van der Waals surface area contributed by atoms with Crippen molar-refractivity contribution in [2.45, 2.75) is 11.3 Å². The molecular weight excluding hydrogens is 368 g/mol. The number of ether oxygens (including phenoxy) is 3. The Morgan fingerprint density at radius 3 is 2.89 bits per heavy atom. The molecule has 0 aliphatic carbocycles. The van der Waals surface area contributed by atoms with E-state index in [-0.39, 0.29) is 18.1 Å². The summed E-state index contributed by atoms with van der Waals surface area (Å²) >= 11 is 1.18. The quantitative estimate of drug-likeness (QED) is 0.471. The molecule has 0 radical (unpaired) electrons. The van der Waals surface area contributed by atoms with Crippen LogP contribution in [0.5, 0.6) is 17.2 Å². The number of thioether (sulfide) groups is 1. The highest BCUT2D eigenvalue weighted by atomic mass is 32.2. The molecule has 1 aliphatic rings. The van der Waals surface area contributed by atoms with Crippen LogP contribution in [0.1, 0.15) is 22.4 Å². The normalized spacial score (nSPS) is 15.4. The highest BCUT2D eigenvalue weighted by molar-refractivity contribution is 7.99. The van der Waals surface area contributed by atoms with Crippen LogP contribution < -0.4 is 14.2 Å². The lowest BCUT2D eigenvalue weighted by Gasteiger charge is -2.23. The Labute approximate surface area is 159 Å². The molecule has 1 unspecified atom stereocenters. The van der Waals surface area contributed by atoms with E-state index in [9.17, 15) is 4.79 Å². The molecule has 2 heterocycles. The number of ketones is 1. The number of para-hydroxylation sites is 2. The monoisotopic (exact) mass is 384 g/mol. The highest BCUT2D eigenvalue weighted by Crippen LogP contribution is 2.36. The van der Waals surface area contributed by atoms with Gasteiger partial charge in [-0.05, 0) is 24.3 Å². The topological polar surface area (TPSA) is 83.7 Å². The summed E-state index contributed by atoms with van der Waals surface area (Å²) in [6, 6.07) is 14.4. The van der Waals surface area contributed by atoms with Crippen LogP contribution >= 0.6 is 11.8 Å². The number of benzene rings is 2. The Bertz CT molecular complexity index is 959. The lowest BCUT2D eigenvalue weighted by Crippen LogP contribution is -2.21. The summed E-state index contributed by atoms with van der Waals surface area (Å²) in [6.07, 6.45) is -0.476. The molecule has 8 heteroatoms. The fourth-order valence-corrected chi connectivity index (χ4v) is 3.22. The molecule has 0 saturated heterocycles. The van der Waals surface area contributed by atoms with Crippen molar-refractivity contribution in [2.24, 2.45) is 0 Å². The van der Waals surface area contributed by atoms with Crippen LogP contribution in [0.4, 0.5) is 0 Å². The van der Waals surface area contributed by atoms with Crippen LogP contribution in [0.25, 0.3) is 0 Å². The second kappa shape index (κ2) is 7.71. The van der Waals surface area contributed by atoms with Gasteiger partial charge in [-0.15, -0.1) is 10.2 Å². The Kier molecular flexibility index (Phi) is 4.97. The first-order valence-electron chi connectivity index (χ1n) is 8.25. The van der Waals surface area contributed by atoms with Crippen molar-refractivity contribution in [3.05, 3.63) is 60.0 Å². The molecule has 0 spiro atoms. The van der Waals surface area contributed by atoms with Crippen LogP contribution in [-0.4, -0.2) is 35.5 Å². The maximum Gasteiger partial charge on any atom is 0.277 e. The van der Waals surface area contributed by atoms with Crippen LogP contribution in [0.2, 0.25) is 0 Å². The third-order valence-electron chi connectivity index (χ3n) is 3.92. The SMILES string of the molecule is COc1cccc(C(=O)CSc2nnc(C3COc4ccccc4O3)o2)c1. The lowest BCUT2D eigenvalue weighted by molar-refractivity contribution is 0.0686. The number of nitrogens with zero attached hydrogens (tertiary/aromatic N) is 2. The number of hydrogen-bond acceptors (Lipinski definition) is 8. The molecule has 2 aromatic carbocycles. The van der Waals surface area contributed by atoms with E-state index in [1.165, 1.54) is 11.8 Å². The first-order chi connectivity index (χ1) is 13.2. The van der Waals surface area contributed by atoms with Crippen molar-refractivity contribution in [3.8, 4) is 17.2 Å². The Morgan fingerprint density at radius 1 is 1.19 bits per heavy atom. The summed E-state index contributed by atoms with van der Waals surface area (Å²) in [6.45, 7) is 0.284. The number of carbonyl (C=O) groups is 1. The predicted molar refractivity (Wildman–Crippen MR) is 97.7 cm³/mol. The van der Waals surface area contributed by atoms with Crippen molar-refractivity contribution in [2.75, 3.05) is 19.5 Å². The van der Waals surface area contributed by atoms with E-state index in [2.05, 4.69) is 10.2 Å². The van der Waals surface area contributed by atoms with Gasteiger partial charge in [-0.3, -0.25) is 4.79 Å². The molecule has 0 amide bonds. The average molecular weight is 384 g/mol. The van der Waals surface area contributed by atoms with E-state index in [1.54, 1.807) is 31.4 Å². The van der Waals surface area contributed by atoms with Crippen LogP contribution in [-0.2, 0) is 0 Å². The van der Waals surface area contributed by atoms with E-state index in [0.717, 1.165) is 0 Å². The van der Waals surface area contributed by atoms with Gasteiger partial charge < -0.3 is 18.6 Å². The highest BCUT2D eigenvalue weighted by Gasteiger charge is 2.27. The average Bonchev–Trinajstić information content (AvgIpc) is 3.20. The number of carbonyl (C=O) groups excluding carboxylic acids is 1. The van der Waals surface area contributed by atoms with Crippen molar-refractivity contribution in [3.63, 3.8) is 0 Å². The largest absolute Gasteiger partial charge is 0.497 e. The minimum atomic E-state index is -0.476. The molecule has 3 aromatic rings. The van der Waals surface area contributed by atoms with Crippen molar-refractivity contribution in [1.82, 2.24) is 10.2 Å². The van der Waals surface area contributed by atoms with Gasteiger partial charge in [-0.1, -0.05) is 36.0 Å². The van der Waals surface area contributed by atoms with Gasteiger partial charge in [0.2, 0.25) is 6.10 Å². The molecule has 4 rings (SSSR count). The van der Waals surface area contributed by atoms with Crippen LogP contribution in [0.3, 0.4) is 0 Å². The molecule has 0 fully saturated rings. The first kappa shape index (κ1) is 17.4. The zero-order chi connectivity index (χ0) is 18.6. The van der Waals surface area contributed by atoms with Crippen molar-refractivity contribution < 1.29 is 23.4 Å². The van der Waals surface area contributed by atoms with Crippen LogP contribution in [0.15, 0.2) is 58.2 Å². The summed E-state index contributed by atoms with van der Waals surface area (Å²) in [5.41, 5.74) is 0.571. The summed E-state index contributed by atoms with van der Waals surface area (Å²) in [5, 5.41) is 8.31. The standard InChI is InChI=1S/C19H16N2O5S/c1-23-13-6-4-5-12(9-13)14(22)11-27-19-21-20-18(26-19)17-10-24-15-7-2-3-8-16(15)25-17/h2-9,17H,10-11H2,1H3. The van der Waals surface area contributed by atoms with Gasteiger partial charge in [0.25, 0.3) is 11.1 Å². The van der Waals surface area contributed by atoms with Crippen LogP contribution in [0, 0.1) is 0 Å². The zero-order valence-electron chi connectivity index (χ0n) is 14.5. The van der Waals surface area contributed by atoms with E-state index in [1.807, 2.05) is 24.3 Å². The number of aromatic nitrogens is 2. The molecule has 1 aliphatic heterocycles. The van der Waals surface area contributed by atoms with Crippen molar-refractivity contribution >= 4 is 17.5 Å². The summed E-state index contributed by atoms with van der Waals surface area (Å²) in [5.74, 6) is 2.41. The number of methoxy groups -OCH3 is 1. The second-order valence-electron chi connectivity index (χ2n) is 5.71. The number of fused-ring (bicyclic) bond motifs is 1. The Balaban J connectivity index is 1.38. The lowest BCUT2D eigenvalue weighted by atomic mass is 10.1. The minimum absolute atomic E-state index is 0.0511. The van der Waals surface area contributed by atoms with Gasteiger partial charge >= 0.3 is 0 Å². The van der Waals surface area contributed by atoms with E-state index >= 15 is 0 Å². The molecule has 0 bridgehead atoms. The molecule has 7 nitrogen and oxygen atoms in total. The van der Waals surface area contributed by atoms with E-state index in [0.29, 0.717) is 33.9 Å². The van der Waals surface area contributed by atoms with Gasteiger partial charge in [-0.2, -0.15) is 0 Å². The van der Waals surface area contributed by atoms with Gasteiger partial charge in [0.1, 0.15) is 12.4 Å². The first-order valence-corrected chi connectivity index (χ1v) is 9.23. The number of rotatable bonds is 6. The third kappa shape index (κ3) is 3.90. The Hall–Kier alpha value is -3.00. The molecule has 138 valence electrons. The maximum absolute atomic E-state index is 12.3. The van der Waals surface area contributed by atoms with Gasteiger partial charge in [0, 0.05) is 5.56 Å². The second-order valence-corrected chi connectivity index (χ2v) is 6.64.